The Morgan fingerprint density at radius 3 is 2.35 bits per heavy atom. The Morgan fingerprint density at radius 1 is 1.24 bits per heavy atom. The fourth-order valence-electron chi connectivity index (χ4n) is 1.84. The van der Waals surface area contributed by atoms with Gasteiger partial charge in [0.15, 0.2) is 0 Å². The Kier molecular flexibility index (Phi) is 3.91. The molecule has 1 amide bonds. The summed E-state index contributed by atoms with van der Waals surface area (Å²) in [5.41, 5.74) is 0.668. The molecule has 1 atom stereocenters. The van der Waals surface area contributed by atoms with E-state index in [1.165, 1.54) is 0 Å². The standard InChI is InChI=1S/C12H16N2O2S/c1-17(16)11-4-2-10(3-5-11)12(15)14-8-6-13-7-9-14/h2-5,13H,6-9H2,1H3. The molecule has 1 aromatic carbocycles. The van der Waals surface area contributed by atoms with Crippen molar-refractivity contribution in [3.8, 4) is 0 Å². The van der Waals surface area contributed by atoms with E-state index in [1.807, 2.05) is 4.90 Å². The summed E-state index contributed by atoms with van der Waals surface area (Å²) < 4.78 is 11.2. The molecule has 1 N–H and O–H groups in total. The summed E-state index contributed by atoms with van der Waals surface area (Å²) in [6, 6.07) is 7.01. The first-order valence-electron chi connectivity index (χ1n) is 5.62. The van der Waals surface area contributed by atoms with Gasteiger partial charge in [-0.1, -0.05) is 0 Å². The molecular weight excluding hydrogens is 236 g/mol. The smallest absolute Gasteiger partial charge is 0.253 e. The highest BCUT2D eigenvalue weighted by atomic mass is 32.2. The fraction of sp³-hybridized carbons (Fsp3) is 0.417. The maximum absolute atomic E-state index is 12.1. The SMILES string of the molecule is CS(=O)c1ccc(C(=O)N2CCNCC2)cc1. The van der Waals surface area contributed by atoms with Crippen molar-refractivity contribution in [1.29, 1.82) is 0 Å². The molecule has 1 aliphatic rings. The van der Waals surface area contributed by atoms with E-state index in [-0.39, 0.29) is 5.91 Å². The first-order chi connectivity index (χ1) is 8.18. The Bertz CT molecular complexity index is 425. The van der Waals surface area contributed by atoms with Crippen molar-refractivity contribution < 1.29 is 9.00 Å². The van der Waals surface area contributed by atoms with Crippen LogP contribution in [-0.2, 0) is 10.8 Å². The molecule has 2 rings (SSSR count). The van der Waals surface area contributed by atoms with Gasteiger partial charge in [-0.05, 0) is 24.3 Å². The number of carbonyl (C=O) groups is 1. The molecule has 4 nitrogen and oxygen atoms in total. The van der Waals surface area contributed by atoms with Gasteiger partial charge in [0.05, 0.1) is 0 Å². The van der Waals surface area contributed by atoms with E-state index >= 15 is 0 Å². The van der Waals surface area contributed by atoms with E-state index in [0.29, 0.717) is 5.56 Å². The molecule has 0 radical (unpaired) electrons. The number of nitrogens with one attached hydrogen (secondary N) is 1. The van der Waals surface area contributed by atoms with Gasteiger partial charge in [0.25, 0.3) is 5.91 Å². The van der Waals surface area contributed by atoms with Crippen LogP contribution in [-0.4, -0.2) is 47.5 Å². The number of piperazine rings is 1. The molecule has 1 saturated heterocycles. The second-order valence-corrected chi connectivity index (χ2v) is 5.40. The summed E-state index contributed by atoms with van der Waals surface area (Å²) in [5, 5.41) is 3.21. The second-order valence-electron chi connectivity index (χ2n) is 4.02. The molecule has 0 aliphatic carbocycles. The minimum Gasteiger partial charge on any atom is -0.336 e. The first kappa shape index (κ1) is 12.3. The molecule has 0 aromatic heterocycles. The molecule has 1 heterocycles. The average molecular weight is 252 g/mol. The quantitative estimate of drug-likeness (QED) is 0.832. The van der Waals surface area contributed by atoms with Gasteiger partial charge in [-0.2, -0.15) is 0 Å². The summed E-state index contributed by atoms with van der Waals surface area (Å²) in [5.74, 6) is 0.0555. The molecule has 1 aromatic rings. The number of nitrogens with zero attached hydrogens (tertiary/aromatic N) is 1. The Balaban J connectivity index is 2.10. The van der Waals surface area contributed by atoms with Crippen LogP contribution < -0.4 is 5.32 Å². The number of benzene rings is 1. The van der Waals surface area contributed by atoms with Crippen LogP contribution in [0, 0.1) is 0 Å². The average Bonchev–Trinajstić information content (AvgIpc) is 2.39. The van der Waals surface area contributed by atoms with Gasteiger partial charge >= 0.3 is 0 Å². The number of hydrogen-bond acceptors (Lipinski definition) is 3. The third kappa shape index (κ3) is 2.92. The second kappa shape index (κ2) is 5.42. The lowest BCUT2D eigenvalue weighted by atomic mass is 10.2. The molecule has 1 aliphatic heterocycles. The van der Waals surface area contributed by atoms with Crippen molar-refractivity contribution in [3.63, 3.8) is 0 Å². The van der Waals surface area contributed by atoms with Gasteiger partial charge in [-0.3, -0.25) is 9.00 Å². The lowest BCUT2D eigenvalue weighted by Crippen LogP contribution is -2.46. The predicted octanol–water partition coefficient (Wildman–Crippen LogP) is 0.469. The lowest BCUT2D eigenvalue weighted by Gasteiger charge is -2.27. The lowest BCUT2D eigenvalue weighted by molar-refractivity contribution is 0.0735. The molecule has 1 fully saturated rings. The van der Waals surface area contributed by atoms with Crippen LogP contribution in [0.25, 0.3) is 0 Å². The van der Waals surface area contributed by atoms with Crippen LogP contribution in [0.1, 0.15) is 10.4 Å². The third-order valence-electron chi connectivity index (χ3n) is 2.84. The van der Waals surface area contributed by atoms with E-state index in [0.717, 1.165) is 31.1 Å². The molecule has 1 unspecified atom stereocenters. The van der Waals surface area contributed by atoms with E-state index in [9.17, 15) is 9.00 Å². The van der Waals surface area contributed by atoms with Gasteiger partial charge in [0, 0.05) is 53.7 Å². The molecule has 0 bridgehead atoms. The minimum atomic E-state index is -0.990. The monoisotopic (exact) mass is 252 g/mol. The molecule has 17 heavy (non-hydrogen) atoms. The Hall–Kier alpha value is -1.20. The van der Waals surface area contributed by atoms with Gasteiger partial charge in [-0.25, -0.2) is 0 Å². The maximum atomic E-state index is 12.1. The maximum Gasteiger partial charge on any atom is 0.253 e. The van der Waals surface area contributed by atoms with Crippen LogP contribution in [0.3, 0.4) is 0 Å². The molecular formula is C12H16N2O2S. The van der Waals surface area contributed by atoms with Crippen LogP contribution in [0.5, 0.6) is 0 Å². The van der Waals surface area contributed by atoms with E-state index < -0.39 is 10.8 Å². The van der Waals surface area contributed by atoms with Gasteiger partial charge in [-0.15, -0.1) is 0 Å². The summed E-state index contributed by atoms with van der Waals surface area (Å²) in [7, 11) is -0.990. The predicted molar refractivity (Wildman–Crippen MR) is 67.5 cm³/mol. The zero-order valence-corrected chi connectivity index (χ0v) is 10.6. The molecule has 0 saturated carbocycles. The van der Waals surface area contributed by atoms with E-state index in [1.54, 1.807) is 30.5 Å². The van der Waals surface area contributed by atoms with Crippen LogP contribution in [0.2, 0.25) is 0 Å². The molecule has 5 heteroatoms. The van der Waals surface area contributed by atoms with Crippen LogP contribution in [0.15, 0.2) is 29.2 Å². The highest BCUT2D eigenvalue weighted by Crippen LogP contribution is 2.10. The summed E-state index contributed by atoms with van der Waals surface area (Å²) in [4.78, 5) is 14.7. The van der Waals surface area contributed by atoms with Crippen LogP contribution >= 0.6 is 0 Å². The number of carbonyl (C=O) groups excluding carboxylic acids is 1. The zero-order valence-electron chi connectivity index (χ0n) is 9.81. The number of hydrogen-bond donors (Lipinski definition) is 1. The fourth-order valence-corrected chi connectivity index (χ4v) is 2.36. The molecule has 92 valence electrons. The normalized spacial score (nSPS) is 17.8. The first-order valence-corrected chi connectivity index (χ1v) is 7.18. The number of rotatable bonds is 2. The van der Waals surface area contributed by atoms with Gasteiger partial charge in [0.2, 0.25) is 0 Å². The highest BCUT2D eigenvalue weighted by Gasteiger charge is 2.17. The molecule has 0 spiro atoms. The summed E-state index contributed by atoms with van der Waals surface area (Å²) in [6.45, 7) is 3.20. The number of amides is 1. The minimum absolute atomic E-state index is 0.0555. The topological polar surface area (TPSA) is 49.4 Å². The van der Waals surface area contributed by atoms with Crippen molar-refractivity contribution >= 4 is 16.7 Å². The Morgan fingerprint density at radius 2 is 1.82 bits per heavy atom. The third-order valence-corrected chi connectivity index (χ3v) is 3.77. The van der Waals surface area contributed by atoms with Crippen molar-refractivity contribution in [2.24, 2.45) is 0 Å². The zero-order chi connectivity index (χ0) is 12.3. The van der Waals surface area contributed by atoms with Gasteiger partial charge < -0.3 is 10.2 Å². The van der Waals surface area contributed by atoms with Crippen molar-refractivity contribution in [2.75, 3.05) is 32.4 Å². The van der Waals surface area contributed by atoms with Crippen LogP contribution in [0.4, 0.5) is 0 Å². The van der Waals surface area contributed by atoms with Gasteiger partial charge in [0.1, 0.15) is 0 Å². The van der Waals surface area contributed by atoms with E-state index in [2.05, 4.69) is 5.32 Å². The van der Waals surface area contributed by atoms with Crippen molar-refractivity contribution in [2.45, 2.75) is 4.90 Å². The summed E-state index contributed by atoms with van der Waals surface area (Å²) >= 11 is 0. The van der Waals surface area contributed by atoms with E-state index in [4.69, 9.17) is 0 Å². The Labute approximate surface area is 103 Å². The van der Waals surface area contributed by atoms with Crippen molar-refractivity contribution in [1.82, 2.24) is 10.2 Å². The highest BCUT2D eigenvalue weighted by molar-refractivity contribution is 7.84. The largest absolute Gasteiger partial charge is 0.336 e. The summed E-state index contributed by atoms with van der Waals surface area (Å²) in [6.07, 6.45) is 1.63. The van der Waals surface area contributed by atoms with Crippen molar-refractivity contribution in [3.05, 3.63) is 29.8 Å².